The third kappa shape index (κ3) is 3.34. The molecule has 0 aliphatic heterocycles. The fourth-order valence-corrected chi connectivity index (χ4v) is 1.81. The number of anilines is 2. The minimum atomic E-state index is -1.33. The zero-order valence-corrected chi connectivity index (χ0v) is 11.5. The molecule has 0 saturated carbocycles. The summed E-state index contributed by atoms with van der Waals surface area (Å²) in [4.78, 5) is 0. The van der Waals surface area contributed by atoms with E-state index in [1.807, 2.05) is 0 Å². The van der Waals surface area contributed by atoms with Gasteiger partial charge in [0.25, 0.3) is 0 Å². The van der Waals surface area contributed by atoms with Crippen LogP contribution in [0.3, 0.4) is 0 Å². The largest absolute Gasteiger partial charge is 0.503 e. The van der Waals surface area contributed by atoms with E-state index in [4.69, 9.17) is 23.8 Å². The molecule has 2 rings (SSSR count). The minimum absolute atomic E-state index is 0.0321. The Kier molecular flexibility index (Phi) is 4.36. The van der Waals surface area contributed by atoms with Crippen molar-refractivity contribution >= 4 is 40.3 Å². The number of phenolic OH excluding ortho intramolecular Hbond substituents is 1. The number of thiocarbonyl (C=S) groups is 1. The third-order valence-corrected chi connectivity index (χ3v) is 2.88. The summed E-state index contributed by atoms with van der Waals surface area (Å²) in [7, 11) is 0. The number of benzene rings is 2. The molecule has 0 aliphatic carbocycles. The van der Waals surface area contributed by atoms with Gasteiger partial charge in [0.1, 0.15) is 0 Å². The van der Waals surface area contributed by atoms with Crippen LogP contribution in [0.2, 0.25) is 5.02 Å². The predicted octanol–water partition coefficient (Wildman–Crippen LogP) is 4.13. The van der Waals surface area contributed by atoms with Crippen molar-refractivity contribution in [2.45, 2.75) is 0 Å². The van der Waals surface area contributed by atoms with Crippen LogP contribution >= 0.6 is 23.8 Å². The second kappa shape index (κ2) is 6.02. The summed E-state index contributed by atoms with van der Waals surface area (Å²) in [6, 6.07) is 8.80. The van der Waals surface area contributed by atoms with Gasteiger partial charge < -0.3 is 15.7 Å². The summed E-state index contributed by atoms with van der Waals surface area (Å²) in [5.41, 5.74) is 0.629. The van der Waals surface area contributed by atoms with Gasteiger partial charge in [0.2, 0.25) is 5.82 Å². The second-order valence-corrected chi connectivity index (χ2v) is 4.69. The van der Waals surface area contributed by atoms with E-state index < -0.39 is 17.4 Å². The smallest absolute Gasteiger partial charge is 0.202 e. The summed E-state index contributed by atoms with van der Waals surface area (Å²) in [6.07, 6.45) is 0. The van der Waals surface area contributed by atoms with Gasteiger partial charge in [-0.2, -0.15) is 4.39 Å². The van der Waals surface area contributed by atoms with Crippen LogP contribution in [0, 0.1) is 11.6 Å². The Morgan fingerprint density at radius 1 is 1.05 bits per heavy atom. The number of rotatable bonds is 2. The molecule has 3 nitrogen and oxygen atoms in total. The van der Waals surface area contributed by atoms with E-state index in [9.17, 15) is 13.9 Å². The summed E-state index contributed by atoms with van der Waals surface area (Å²) < 4.78 is 26.0. The molecular formula is C13H9ClF2N2OS. The molecule has 0 spiro atoms. The lowest BCUT2D eigenvalue weighted by Gasteiger charge is -2.12. The molecule has 0 aromatic heterocycles. The maximum Gasteiger partial charge on any atom is 0.202 e. The highest BCUT2D eigenvalue weighted by atomic mass is 35.5. The third-order valence-electron chi connectivity index (χ3n) is 2.42. The van der Waals surface area contributed by atoms with Gasteiger partial charge in [0.05, 0.1) is 5.69 Å². The first-order chi connectivity index (χ1) is 9.47. The molecule has 3 N–H and O–H groups in total. The van der Waals surface area contributed by atoms with Crippen LogP contribution in [0.15, 0.2) is 36.4 Å². The topological polar surface area (TPSA) is 44.3 Å². The lowest BCUT2D eigenvalue weighted by atomic mass is 10.2. The van der Waals surface area contributed by atoms with Crippen LogP contribution in [0.25, 0.3) is 0 Å². The molecule has 0 atom stereocenters. The Hall–Kier alpha value is -1.92. The highest BCUT2D eigenvalue weighted by Gasteiger charge is 2.13. The number of nitrogens with one attached hydrogen (secondary N) is 2. The first-order valence-electron chi connectivity index (χ1n) is 5.48. The number of halogens is 3. The molecule has 0 radical (unpaired) electrons. The average molecular weight is 315 g/mol. The van der Waals surface area contributed by atoms with E-state index in [0.717, 1.165) is 6.07 Å². The van der Waals surface area contributed by atoms with Crippen LogP contribution in [0.1, 0.15) is 0 Å². The normalized spacial score (nSPS) is 10.2. The summed E-state index contributed by atoms with van der Waals surface area (Å²) >= 11 is 10.7. The summed E-state index contributed by atoms with van der Waals surface area (Å²) in [5.74, 6) is -3.29. The van der Waals surface area contributed by atoms with Crippen molar-refractivity contribution in [3.63, 3.8) is 0 Å². The molecule has 0 bridgehead atoms. The van der Waals surface area contributed by atoms with Crippen molar-refractivity contribution in [2.24, 2.45) is 0 Å². The number of aromatic hydroxyl groups is 1. The van der Waals surface area contributed by atoms with Crippen LogP contribution in [-0.4, -0.2) is 10.2 Å². The number of hydrogen-bond acceptors (Lipinski definition) is 2. The molecule has 2 aromatic rings. The van der Waals surface area contributed by atoms with Crippen LogP contribution in [-0.2, 0) is 0 Å². The molecule has 0 aliphatic rings. The fourth-order valence-electron chi connectivity index (χ4n) is 1.46. The van der Waals surface area contributed by atoms with E-state index >= 15 is 0 Å². The van der Waals surface area contributed by atoms with Gasteiger partial charge in [-0.15, -0.1) is 0 Å². The van der Waals surface area contributed by atoms with Crippen LogP contribution in [0.4, 0.5) is 20.2 Å². The van der Waals surface area contributed by atoms with E-state index in [0.29, 0.717) is 10.7 Å². The Bertz CT molecular complexity index is 650. The first kappa shape index (κ1) is 14.5. The molecule has 20 heavy (non-hydrogen) atoms. The van der Waals surface area contributed by atoms with E-state index in [1.54, 1.807) is 24.3 Å². The SMILES string of the molecule is Oc1c(NC(=S)Nc2ccc(Cl)cc2)ccc(F)c1F. The van der Waals surface area contributed by atoms with Gasteiger partial charge in [-0.05, 0) is 48.6 Å². The Morgan fingerprint density at radius 2 is 1.70 bits per heavy atom. The zero-order valence-electron chi connectivity index (χ0n) is 9.95. The van der Waals surface area contributed by atoms with Crippen LogP contribution in [0.5, 0.6) is 5.75 Å². The van der Waals surface area contributed by atoms with Crippen molar-refractivity contribution in [3.05, 3.63) is 53.1 Å². The Balaban J connectivity index is 2.08. The molecular weight excluding hydrogens is 306 g/mol. The highest BCUT2D eigenvalue weighted by Crippen LogP contribution is 2.28. The van der Waals surface area contributed by atoms with Gasteiger partial charge in [0, 0.05) is 10.7 Å². The van der Waals surface area contributed by atoms with Crippen molar-refractivity contribution < 1.29 is 13.9 Å². The molecule has 2 aromatic carbocycles. The van der Waals surface area contributed by atoms with Gasteiger partial charge in [-0.1, -0.05) is 11.6 Å². The van der Waals surface area contributed by atoms with Gasteiger partial charge in [-0.3, -0.25) is 0 Å². The number of hydrogen-bond donors (Lipinski definition) is 3. The Morgan fingerprint density at radius 3 is 2.35 bits per heavy atom. The average Bonchev–Trinajstić information content (AvgIpc) is 2.42. The molecule has 0 amide bonds. The Labute approximate surface area is 124 Å². The minimum Gasteiger partial charge on any atom is -0.503 e. The van der Waals surface area contributed by atoms with Crippen molar-refractivity contribution in [1.82, 2.24) is 0 Å². The fraction of sp³-hybridized carbons (Fsp3) is 0. The summed E-state index contributed by atoms with van der Waals surface area (Å²) in [5, 5.41) is 15.5. The molecule has 7 heteroatoms. The van der Waals surface area contributed by atoms with Gasteiger partial charge >= 0.3 is 0 Å². The zero-order chi connectivity index (χ0) is 14.7. The first-order valence-corrected chi connectivity index (χ1v) is 6.26. The highest BCUT2D eigenvalue weighted by molar-refractivity contribution is 7.80. The van der Waals surface area contributed by atoms with Crippen LogP contribution < -0.4 is 10.6 Å². The molecule has 0 unspecified atom stereocenters. The van der Waals surface area contributed by atoms with Gasteiger partial charge in [0.15, 0.2) is 16.7 Å². The van der Waals surface area contributed by atoms with E-state index in [2.05, 4.69) is 10.6 Å². The van der Waals surface area contributed by atoms with Crippen molar-refractivity contribution in [1.29, 1.82) is 0 Å². The molecule has 0 heterocycles. The lowest BCUT2D eigenvalue weighted by Crippen LogP contribution is -2.19. The molecule has 104 valence electrons. The lowest BCUT2D eigenvalue weighted by molar-refractivity contribution is 0.409. The number of phenols is 1. The standard InChI is InChI=1S/C13H9ClF2N2OS/c14-7-1-3-8(4-2-7)17-13(20)18-10-6-5-9(15)11(16)12(10)19/h1-6,19H,(H2,17,18,20). The summed E-state index contributed by atoms with van der Waals surface area (Å²) in [6.45, 7) is 0. The molecule has 0 saturated heterocycles. The molecule has 0 fully saturated rings. The van der Waals surface area contributed by atoms with Gasteiger partial charge in [-0.25, -0.2) is 4.39 Å². The van der Waals surface area contributed by atoms with E-state index in [1.165, 1.54) is 6.07 Å². The maximum atomic E-state index is 13.2. The van der Waals surface area contributed by atoms with E-state index in [-0.39, 0.29) is 10.8 Å². The maximum absolute atomic E-state index is 13.2. The predicted molar refractivity (Wildman–Crippen MR) is 79.3 cm³/mol. The van der Waals surface area contributed by atoms with Crippen molar-refractivity contribution in [3.8, 4) is 5.75 Å². The quantitative estimate of drug-likeness (QED) is 0.576. The second-order valence-electron chi connectivity index (χ2n) is 3.84. The van der Waals surface area contributed by atoms with Crippen molar-refractivity contribution in [2.75, 3.05) is 10.6 Å². The monoisotopic (exact) mass is 314 g/mol.